The molecule has 4 aromatic rings. The van der Waals surface area contributed by atoms with E-state index < -0.39 is 27.6 Å². The van der Waals surface area contributed by atoms with Crippen LogP contribution in [0.25, 0.3) is 22.2 Å². The zero-order valence-electron chi connectivity index (χ0n) is 18.2. The second kappa shape index (κ2) is 9.11. The van der Waals surface area contributed by atoms with Crippen molar-refractivity contribution in [1.29, 1.82) is 0 Å². The lowest BCUT2D eigenvalue weighted by Gasteiger charge is -2.21. The van der Waals surface area contributed by atoms with Gasteiger partial charge in [-0.15, -0.1) is 0 Å². The number of aromatic nitrogens is 1. The Morgan fingerprint density at radius 1 is 1.00 bits per heavy atom. The van der Waals surface area contributed by atoms with E-state index in [1.54, 1.807) is 60.7 Å². The number of carbonyl (C=O) groups excluding carboxylic acids is 1. The molecular formula is C26H23FN2O3S. The van der Waals surface area contributed by atoms with Crippen molar-refractivity contribution in [1.82, 2.24) is 10.3 Å². The van der Waals surface area contributed by atoms with Gasteiger partial charge in [0.15, 0.2) is 9.84 Å². The van der Waals surface area contributed by atoms with E-state index in [-0.39, 0.29) is 16.2 Å². The lowest BCUT2D eigenvalue weighted by atomic mass is 10.0. The van der Waals surface area contributed by atoms with Gasteiger partial charge in [0.1, 0.15) is 10.7 Å². The van der Waals surface area contributed by atoms with E-state index >= 15 is 0 Å². The minimum Gasteiger partial charge on any atom is -0.345 e. The minimum atomic E-state index is -3.85. The van der Waals surface area contributed by atoms with Crippen molar-refractivity contribution in [2.75, 3.05) is 6.26 Å². The van der Waals surface area contributed by atoms with Gasteiger partial charge in [0, 0.05) is 17.2 Å². The fourth-order valence-electron chi connectivity index (χ4n) is 3.95. The fraction of sp³-hybridized carbons (Fsp3) is 0.154. The Labute approximate surface area is 192 Å². The number of fused-ring (bicyclic) bond motifs is 1. The molecule has 1 unspecified atom stereocenters. The van der Waals surface area contributed by atoms with E-state index in [4.69, 9.17) is 0 Å². The molecule has 1 heterocycles. The fourth-order valence-corrected chi connectivity index (χ4v) is 5.04. The van der Waals surface area contributed by atoms with Crippen LogP contribution in [0, 0.1) is 5.82 Å². The van der Waals surface area contributed by atoms with E-state index in [0.29, 0.717) is 28.5 Å². The molecule has 3 aromatic carbocycles. The molecule has 168 valence electrons. The highest BCUT2D eigenvalue weighted by Crippen LogP contribution is 2.34. The Kier molecular flexibility index (Phi) is 6.24. The third kappa shape index (κ3) is 4.64. The van der Waals surface area contributed by atoms with Crippen LogP contribution in [0.5, 0.6) is 0 Å². The van der Waals surface area contributed by atoms with Gasteiger partial charge in [-0.2, -0.15) is 0 Å². The van der Waals surface area contributed by atoms with Crippen LogP contribution in [0.15, 0.2) is 83.8 Å². The second-order valence-electron chi connectivity index (χ2n) is 7.81. The summed E-state index contributed by atoms with van der Waals surface area (Å²) in [6.45, 7) is 1.87. The number of halogens is 1. The number of hydrogen-bond acceptors (Lipinski definition) is 4. The van der Waals surface area contributed by atoms with Crippen LogP contribution in [0.1, 0.15) is 35.3 Å². The van der Waals surface area contributed by atoms with Crippen LogP contribution in [0.3, 0.4) is 0 Å². The summed E-state index contributed by atoms with van der Waals surface area (Å²) in [6.07, 6.45) is 1.57. The summed E-state index contributed by atoms with van der Waals surface area (Å²) in [4.78, 5) is 18.1. The van der Waals surface area contributed by atoms with Crippen molar-refractivity contribution in [3.63, 3.8) is 0 Å². The van der Waals surface area contributed by atoms with Crippen LogP contribution >= 0.6 is 0 Å². The summed E-state index contributed by atoms with van der Waals surface area (Å²) in [6, 6.07) is 21.4. The van der Waals surface area contributed by atoms with Crippen molar-refractivity contribution in [3.8, 4) is 11.3 Å². The number of hydrogen-bond donors (Lipinski definition) is 1. The molecule has 0 saturated carbocycles. The third-order valence-electron chi connectivity index (χ3n) is 5.46. The van der Waals surface area contributed by atoms with Gasteiger partial charge in [-0.25, -0.2) is 17.8 Å². The summed E-state index contributed by atoms with van der Waals surface area (Å²) in [5.41, 5.74) is 1.97. The first-order valence-electron chi connectivity index (χ1n) is 10.5. The van der Waals surface area contributed by atoms with Crippen LogP contribution < -0.4 is 5.32 Å². The van der Waals surface area contributed by atoms with Gasteiger partial charge >= 0.3 is 0 Å². The predicted octanol–water partition coefficient (Wildman–Crippen LogP) is 5.33. The number of nitrogens with one attached hydrogen (secondary N) is 1. The van der Waals surface area contributed by atoms with Gasteiger partial charge < -0.3 is 5.32 Å². The van der Waals surface area contributed by atoms with Crippen molar-refractivity contribution in [2.24, 2.45) is 0 Å². The van der Waals surface area contributed by atoms with Crippen LogP contribution in [-0.4, -0.2) is 25.6 Å². The number of nitrogens with zero attached hydrogens (tertiary/aromatic N) is 1. The molecule has 0 saturated heterocycles. The molecule has 0 aliphatic heterocycles. The molecule has 0 bridgehead atoms. The molecule has 7 heteroatoms. The minimum absolute atomic E-state index is 0.0387. The lowest BCUT2D eigenvalue weighted by Crippen LogP contribution is -2.30. The Balaban J connectivity index is 1.94. The van der Waals surface area contributed by atoms with Crippen LogP contribution in [0.4, 0.5) is 4.39 Å². The molecule has 1 amide bonds. The summed E-state index contributed by atoms with van der Waals surface area (Å²) in [5, 5.41) is 3.35. The third-order valence-corrected chi connectivity index (χ3v) is 6.60. The number of amides is 1. The largest absolute Gasteiger partial charge is 0.345 e. The maximum absolute atomic E-state index is 13.8. The van der Waals surface area contributed by atoms with Crippen molar-refractivity contribution in [3.05, 3.63) is 95.8 Å². The predicted molar refractivity (Wildman–Crippen MR) is 127 cm³/mol. The molecule has 0 spiro atoms. The highest BCUT2D eigenvalue weighted by molar-refractivity contribution is 7.91. The molecule has 1 aromatic heterocycles. The van der Waals surface area contributed by atoms with E-state index in [1.807, 2.05) is 13.0 Å². The molecule has 1 atom stereocenters. The Morgan fingerprint density at radius 2 is 1.70 bits per heavy atom. The number of sulfone groups is 1. The summed E-state index contributed by atoms with van der Waals surface area (Å²) in [5.74, 6) is -0.958. The summed E-state index contributed by atoms with van der Waals surface area (Å²) in [7, 11) is -3.85. The maximum atomic E-state index is 13.8. The Bertz CT molecular complexity index is 1440. The molecule has 33 heavy (non-hydrogen) atoms. The van der Waals surface area contributed by atoms with Crippen molar-refractivity contribution < 1.29 is 17.6 Å². The highest BCUT2D eigenvalue weighted by Gasteiger charge is 2.29. The lowest BCUT2D eigenvalue weighted by molar-refractivity contribution is 0.0934. The van der Waals surface area contributed by atoms with E-state index in [2.05, 4.69) is 10.3 Å². The number of benzene rings is 3. The molecule has 0 fully saturated rings. The Morgan fingerprint density at radius 3 is 2.36 bits per heavy atom. The number of para-hydroxylation sites is 1. The van der Waals surface area contributed by atoms with Gasteiger partial charge in [-0.1, -0.05) is 67.6 Å². The Hall–Kier alpha value is -3.58. The van der Waals surface area contributed by atoms with Gasteiger partial charge in [-0.05, 0) is 30.2 Å². The first-order chi connectivity index (χ1) is 15.8. The first-order valence-corrected chi connectivity index (χ1v) is 12.4. The maximum Gasteiger partial charge on any atom is 0.253 e. The zero-order chi connectivity index (χ0) is 23.6. The van der Waals surface area contributed by atoms with Crippen LogP contribution in [-0.2, 0) is 9.84 Å². The zero-order valence-corrected chi connectivity index (χ0v) is 19.1. The summed E-state index contributed by atoms with van der Waals surface area (Å²) >= 11 is 0. The second-order valence-corrected chi connectivity index (χ2v) is 9.76. The van der Waals surface area contributed by atoms with Crippen molar-refractivity contribution >= 4 is 26.6 Å². The van der Waals surface area contributed by atoms with Gasteiger partial charge in [-0.3, -0.25) is 4.79 Å². The SMILES string of the molecule is CCC(NC(=O)c1c(S(C)(=O)=O)c(-c2ccccc2)nc2ccccc12)c1cccc(F)c1. The normalized spacial score (nSPS) is 12.5. The van der Waals surface area contributed by atoms with Gasteiger partial charge in [0.2, 0.25) is 0 Å². The molecule has 0 aliphatic carbocycles. The average Bonchev–Trinajstić information content (AvgIpc) is 2.81. The van der Waals surface area contributed by atoms with E-state index in [0.717, 1.165) is 6.26 Å². The molecule has 0 aliphatic rings. The standard InChI is InChI=1S/C26H23FN2O3S/c1-3-21(18-12-9-13-19(27)16-18)29-26(30)23-20-14-7-8-15-22(20)28-24(25(23)33(2,31)32)17-10-5-4-6-11-17/h4-16,21H,3H2,1-2H3,(H,29,30). The van der Waals surface area contributed by atoms with E-state index in [9.17, 15) is 17.6 Å². The van der Waals surface area contributed by atoms with Crippen molar-refractivity contribution in [2.45, 2.75) is 24.3 Å². The highest BCUT2D eigenvalue weighted by atomic mass is 32.2. The van der Waals surface area contributed by atoms with Gasteiger partial charge in [0.05, 0.1) is 22.8 Å². The average molecular weight is 463 g/mol. The number of rotatable bonds is 6. The molecule has 5 nitrogen and oxygen atoms in total. The molecule has 1 N–H and O–H groups in total. The molecule has 4 rings (SSSR count). The van der Waals surface area contributed by atoms with Gasteiger partial charge in [0.25, 0.3) is 5.91 Å². The molecular weight excluding hydrogens is 439 g/mol. The first kappa shape index (κ1) is 22.6. The monoisotopic (exact) mass is 462 g/mol. The quantitative estimate of drug-likeness (QED) is 0.420. The number of pyridine rings is 1. The molecule has 0 radical (unpaired) electrons. The number of carbonyl (C=O) groups is 1. The van der Waals surface area contributed by atoms with E-state index in [1.165, 1.54) is 12.1 Å². The topological polar surface area (TPSA) is 76.1 Å². The smallest absolute Gasteiger partial charge is 0.253 e. The summed E-state index contributed by atoms with van der Waals surface area (Å²) < 4.78 is 39.8. The van der Waals surface area contributed by atoms with Crippen LogP contribution in [0.2, 0.25) is 0 Å².